The number of anilines is 2. The van der Waals surface area contributed by atoms with Crippen molar-refractivity contribution >= 4 is 17.3 Å². The molecule has 0 atom stereocenters. The number of rotatable bonds is 5. The van der Waals surface area contributed by atoms with Gasteiger partial charge in [0.2, 0.25) is 5.82 Å². The van der Waals surface area contributed by atoms with Crippen LogP contribution in [-0.2, 0) is 6.54 Å². The summed E-state index contributed by atoms with van der Waals surface area (Å²) in [4.78, 5) is 14.7. The van der Waals surface area contributed by atoms with Gasteiger partial charge in [-0.25, -0.2) is 4.98 Å². The normalized spacial score (nSPS) is 10.3. The Balaban J connectivity index is 2.26. The Morgan fingerprint density at radius 1 is 1.40 bits per heavy atom. The van der Waals surface area contributed by atoms with Gasteiger partial charge in [-0.15, -0.1) is 0 Å². The molecule has 0 amide bonds. The lowest BCUT2D eigenvalue weighted by Crippen LogP contribution is -2.07. The first kappa shape index (κ1) is 13.8. The van der Waals surface area contributed by atoms with Crippen LogP contribution in [0, 0.1) is 24.0 Å². The molecule has 2 rings (SSSR count). The van der Waals surface area contributed by atoms with Crippen LogP contribution in [0.25, 0.3) is 0 Å². The minimum atomic E-state index is -0.470. The number of nitro groups is 1. The van der Waals surface area contributed by atoms with Crippen molar-refractivity contribution in [3.63, 3.8) is 0 Å². The van der Waals surface area contributed by atoms with E-state index in [0.717, 1.165) is 11.3 Å². The molecule has 0 aliphatic carbocycles. The summed E-state index contributed by atoms with van der Waals surface area (Å²) >= 11 is 0. The second-order valence-electron chi connectivity index (χ2n) is 4.23. The van der Waals surface area contributed by atoms with Crippen molar-refractivity contribution in [3.8, 4) is 0 Å². The molecule has 0 unspecified atom stereocenters. The second kappa shape index (κ2) is 5.55. The molecule has 0 spiro atoms. The van der Waals surface area contributed by atoms with Crippen molar-refractivity contribution in [2.45, 2.75) is 20.4 Å². The average molecular weight is 277 g/mol. The van der Waals surface area contributed by atoms with E-state index in [4.69, 9.17) is 4.52 Å². The summed E-state index contributed by atoms with van der Waals surface area (Å²) in [5.74, 6) is 1.45. The Labute approximate surface area is 115 Å². The fourth-order valence-corrected chi connectivity index (χ4v) is 1.79. The monoisotopic (exact) mass is 277 g/mol. The molecule has 2 heterocycles. The maximum atomic E-state index is 11.0. The van der Waals surface area contributed by atoms with E-state index in [-0.39, 0.29) is 11.5 Å². The van der Waals surface area contributed by atoms with E-state index in [1.165, 1.54) is 6.07 Å². The molecule has 0 saturated heterocycles. The summed E-state index contributed by atoms with van der Waals surface area (Å²) in [6.45, 7) is 3.98. The van der Waals surface area contributed by atoms with Crippen molar-refractivity contribution in [2.75, 3.05) is 17.7 Å². The van der Waals surface area contributed by atoms with Gasteiger partial charge in [0.15, 0.2) is 0 Å². The Bertz CT molecular complexity index is 619. The molecule has 20 heavy (non-hydrogen) atoms. The minimum absolute atomic E-state index is 0.0734. The first-order valence-electron chi connectivity index (χ1n) is 6.01. The molecule has 8 nitrogen and oxygen atoms in total. The molecule has 2 aromatic heterocycles. The number of nitrogens with one attached hydrogen (secondary N) is 2. The lowest BCUT2D eigenvalue weighted by atomic mass is 10.2. The van der Waals surface area contributed by atoms with Gasteiger partial charge in [-0.3, -0.25) is 10.1 Å². The van der Waals surface area contributed by atoms with Gasteiger partial charge < -0.3 is 15.2 Å². The van der Waals surface area contributed by atoms with Crippen molar-refractivity contribution in [1.29, 1.82) is 0 Å². The van der Waals surface area contributed by atoms with E-state index < -0.39 is 4.92 Å². The van der Waals surface area contributed by atoms with Gasteiger partial charge in [0.25, 0.3) is 0 Å². The molecule has 0 aliphatic heterocycles. The minimum Gasteiger partial charge on any atom is -0.373 e. The van der Waals surface area contributed by atoms with Crippen LogP contribution in [0.4, 0.5) is 17.3 Å². The molecule has 0 aliphatic rings. The molecular formula is C12H15N5O3. The molecule has 0 saturated carbocycles. The standard InChI is InChI=1S/C12H15N5O3/c1-7-9(8(2)20-16-7)6-14-12-10(17(18)19)4-5-11(13-3)15-12/h4-5H,6H2,1-3H3,(H2,13,14,15). The third-order valence-electron chi connectivity index (χ3n) is 2.94. The number of aryl methyl sites for hydroxylation is 2. The molecule has 0 radical (unpaired) electrons. The van der Waals surface area contributed by atoms with Crippen molar-refractivity contribution in [3.05, 3.63) is 39.3 Å². The van der Waals surface area contributed by atoms with Crippen LogP contribution in [0.1, 0.15) is 17.0 Å². The molecule has 2 N–H and O–H groups in total. The third kappa shape index (κ3) is 2.68. The van der Waals surface area contributed by atoms with Crippen molar-refractivity contribution in [1.82, 2.24) is 10.1 Å². The van der Waals surface area contributed by atoms with E-state index in [0.29, 0.717) is 18.1 Å². The molecule has 0 fully saturated rings. The number of pyridine rings is 1. The van der Waals surface area contributed by atoms with Gasteiger partial charge in [0, 0.05) is 25.2 Å². The highest BCUT2D eigenvalue weighted by atomic mass is 16.6. The number of hydrogen-bond acceptors (Lipinski definition) is 7. The summed E-state index contributed by atoms with van der Waals surface area (Å²) in [5.41, 5.74) is 1.55. The molecule has 0 aromatic carbocycles. The van der Waals surface area contributed by atoms with Crippen LogP contribution < -0.4 is 10.6 Å². The lowest BCUT2D eigenvalue weighted by Gasteiger charge is -2.07. The highest BCUT2D eigenvalue weighted by Gasteiger charge is 2.17. The molecular weight excluding hydrogens is 262 g/mol. The van der Waals surface area contributed by atoms with E-state index in [9.17, 15) is 10.1 Å². The average Bonchev–Trinajstić information content (AvgIpc) is 2.75. The van der Waals surface area contributed by atoms with Crippen LogP contribution in [0.2, 0.25) is 0 Å². The van der Waals surface area contributed by atoms with Gasteiger partial charge >= 0.3 is 5.69 Å². The van der Waals surface area contributed by atoms with Crippen molar-refractivity contribution < 1.29 is 9.45 Å². The van der Waals surface area contributed by atoms with E-state index >= 15 is 0 Å². The van der Waals surface area contributed by atoms with Gasteiger partial charge in [-0.05, 0) is 19.9 Å². The zero-order valence-electron chi connectivity index (χ0n) is 11.4. The zero-order chi connectivity index (χ0) is 14.7. The predicted octanol–water partition coefficient (Wildman–Crippen LogP) is 2.25. The maximum absolute atomic E-state index is 11.0. The van der Waals surface area contributed by atoms with Crippen LogP contribution in [-0.4, -0.2) is 22.1 Å². The first-order chi connectivity index (χ1) is 9.52. The quantitative estimate of drug-likeness (QED) is 0.637. The maximum Gasteiger partial charge on any atom is 0.311 e. The number of nitrogens with zero attached hydrogens (tertiary/aromatic N) is 3. The van der Waals surface area contributed by atoms with Gasteiger partial charge in [0.1, 0.15) is 11.6 Å². The lowest BCUT2D eigenvalue weighted by molar-refractivity contribution is -0.384. The summed E-state index contributed by atoms with van der Waals surface area (Å²) in [5, 5.41) is 20.6. The van der Waals surface area contributed by atoms with Crippen molar-refractivity contribution in [2.24, 2.45) is 0 Å². The summed E-state index contributed by atoms with van der Waals surface area (Å²) in [6.07, 6.45) is 0. The Morgan fingerprint density at radius 3 is 2.70 bits per heavy atom. The smallest absolute Gasteiger partial charge is 0.311 e. The highest BCUT2D eigenvalue weighted by Crippen LogP contribution is 2.25. The predicted molar refractivity (Wildman–Crippen MR) is 73.7 cm³/mol. The molecule has 2 aromatic rings. The van der Waals surface area contributed by atoms with E-state index in [1.54, 1.807) is 20.0 Å². The topological polar surface area (TPSA) is 106 Å². The van der Waals surface area contributed by atoms with Crippen LogP contribution >= 0.6 is 0 Å². The first-order valence-corrected chi connectivity index (χ1v) is 6.01. The summed E-state index contributed by atoms with van der Waals surface area (Å²) in [7, 11) is 1.70. The van der Waals surface area contributed by atoms with Crippen LogP contribution in [0.5, 0.6) is 0 Å². The summed E-state index contributed by atoms with van der Waals surface area (Å²) < 4.78 is 5.05. The fraction of sp³-hybridized carbons (Fsp3) is 0.333. The molecule has 0 bridgehead atoms. The van der Waals surface area contributed by atoms with Gasteiger partial charge in [-0.2, -0.15) is 0 Å². The molecule has 106 valence electrons. The Morgan fingerprint density at radius 2 is 2.15 bits per heavy atom. The Kier molecular flexibility index (Phi) is 3.83. The van der Waals surface area contributed by atoms with Gasteiger partial charge in [-0.1, -0.05) is 5.16 Å². The number of hydrogen-bond donors (Lipinski definition) is 2. The zero-order valence-corrected chi connectivity index (χ0v) is 11.4. The fourth-order valence-electron chi connectivity index (χ4n) is 1.79. The van der Waals surface area contributed by atoms with E-state index in [1.807, 2.05) is 6.92 Å². The SMILES string of the molecule is CNc1ccc([N+](=O)[O-])c(NCc2c(C)noc2C)n1. The van der Waals surface area contributed by atoms with E-state index in [2.05, 4.69) is 20.8 Å². The second-order valence-corrected chi connectivity index (χ2v) is 4.23. The van der Waals surface area contributed by atoms with Crippen LogP contribution in [0.15, 0.2) is 16.7 Å². The number of aromatic nitrogens is 2. The summed E-state index contributed by atoms with van der Waals surface area (Å²) in [6, 6.07) is 2.97. The van der Waals surface area contributed by atoms with Crippen LogP contribution in [0.3, 0.4) is 0 Å². The third-order valence-corrected chi connectivity index (χ3v) is 2.94. The molecule has 8 heteroatoms. The largest absolute Gasteiger partial charge is 0.373 e. The Hall–Kier alpha value is -2.64. The highest BCUT2D eigenvalue weighted by molar-refractivity contribution is 5.60. The van der Waals surface area contributed by atoms with Gasteiger partial charge in [0.05, 0.1) is 10.6 Å².